The number of fused-ring (bicyclic) bond motifs is 4. The molecule has 3 rings (SSSR count). The molecule has 2 N–H and O–H groups in total. The highest BCUT2D eigenvalue weighted by atomic mass is 16.3. The largest absolute Gasteiger partial charge is 0.390 e. The van der Waals surface area contributed by atoms with Crippen molar-refractivity contribution in [3.8, 4) is 0 Å². The van der Waals surface area contributed by atoms with Gasteiger partial charge in [-0.1, -0.05) is 24.3 Å². The normalized spacial score (nSPS) is 39.6. The molecule has 0 amide bonds. The maximum Gasteiger partial charge on any atom is 0.0870 e. The Hall–Kier alpha value is -0.860. The molecule has 2 bridgehead atoms. The van der Waals surface area contributed by atoms with E-state index < -0.39 is 12.2 Å². The van der Waals surface area contributed by atoms with Gasteiger partial charge in [0.2, 0.25) is 0 Å². The van der Waals surface area contributed by atoms with Crippen molar-refractivity contribution in [3.05, 3.63) is 35.4 Å². The van der Waals surface area contributed by atoms with Gasteiger partial charge in [0.15, 0.2) is 0 Å². The summed E-state index contributed by atoms with van der Waals surface area (Å²) in [6.07, 6.45) is 0.792. The van der Waals surface area contributed by atoms with Crippen LogP contribution in [-0.2, 0) is 6.42 Å². The summed E-state index contributed by atoms with van der Waals surface area (Å²) in [5.41, 5.74) is 2.55. The second-order valence-corrected chi connectivity index (χ2v) is 4.49. The van der Waals surface area contributed by atoms with Gasteiger partial charge in [0.1, 0.15) is 0 Å². The molecular weight excluding hydrogens is 176 g/mol. The molecule has 0 spiro atoms. The highest BCUT2D eigenvalue weighted by molar-refractivity contribution is 5.36. The van der Waals surface area contributed by atoms with E-state index in [9.17, 15) is 10.2 Å². The van der Waals surface area contributed by atoms with E-state index in [4.69, 9.17) is 0 Å². The van der Waals surface area contributed by atoms with Gasteiger partial charge in [0.25, 0.3) is 0 Å². The number of hydrogen-bond donors (Lipinski definition) is 2. The van der Waals surface area contributed by atoms with Gasteiger partial charge in [-0.25, -0.2) is 0 Å². The van der Waals surface area contributed by atoms with Crippen LogP contribution in [0.4, 0.5) is 0 Å². The van der Waals surface area contributed by atoms with Crippen LogP contribution in [0.25, 0.3) is 0 Å². The number of benzene rings is 1. The molecule has 1 aromatic rings. The van der Waals surface area contributed by atoms with E-state index in [0.717, 1.165) is 12.8 Å². The van der Waals surface area contributed by atoms with Crippen LogP contribution in [0, 0.1) is 5.92 Å². The second kappa shape index (κ2) is 2.81. The van der Waals surface area contributed by atoms with E-state index in [1.54, 1.807) is 0 Å². The Kier molecular flexibility index (Phi) is 1.70. The molecule has 0 saturated heterocycles. The van der Waals surface area contributed by atoms with E-state index in [1.165, 1.54) is 11.1 Å². The SMILES string of the molecule is OC1C2Cc3ccccc3C(C2)C1O. The smallest absolute Gasteiger partial charge is 0.0870 e. The zero-order chi connectivity index (χ0) is 9.71. The lowest BCUT2D eigenvalue weighted by molar-refractivity contribution is 0.0176. The Labute approximate surface area is 83.2 Å². The number of hydrogen-bond acceptors (Lipinski definition) is 2. The minimum atomic E-state index is -0.552. The van der Waals surface area contributed by atoms with Crippen molar-refractivity contribution in [2.24, 2.45) is 5.92 Å². The minimum Gasteiger partial charge on any atom is -0.390 e. The summed E-state index contributed by atoms with van der Waals surface area (Å²) < 4.78 is 0. The molecule has 0 radical (unpaired) electrons. The summed E-state index contributed by atoms with van der Waals surface area (Å²) >= 11 is 0. The lowest BCUT2D eigenvalue weighted by Crippen LogP contribution is -2.26. The van der Waals surface area contributed by atoms with Crippen LogP contribution >= 0.6 is 0 Å². The van der Waals surface area contributed by atoms with Crippen LogP contribution in [0.5, 0.6) is 0 Å². The fraction of sp³-hybridized carbons (Fsp3) is 0.500. The Morgan fingerprint density at radius 2 is 1.86 bits per heavy atom. The molecule has 2 aliphatic carbocycles. The Morgan fingerprint density at radius 1 is 1.07 bits per heavy atom. The van der Waals surface area contributed by atoms with E-state index >= 15 is 0 Å². The van der Waals surface area contributed by atoms with Gasteiger partial charge in [-0.05, 0) is 29.9 Å². The maximum absolute atomic E-state index is 9.86. The molecule has 2 heteroatoms. The molecule has 4 atom stereocenters. The van der Waals surface area contributed by atoms with E-state index in [2.05, 4.69) is 12.1 Å². The van der Waals surface area contributed by atoms with Gasteiger partial charge in [0.05, 0.1) is 12.2 Å². The van der Waals surface area contributed by atoms with Crippen molar-refractivity contribution < 1.29 is 10.2 Å². The molecule has 1 saturated carbocycles. The van der Waals surface area contributed by atoms with Crippen molar-refractivity contribution in [2.45, 2.75) is 31.0 Å². The summed E-state index contributed by atoms with van der Waals surface area (Å²) in [7, 11) is 0. The minimum absolute atomic E-state index is 0.167. The quantitative estimate of drug-likeness (QED) is 0.642. The van der Waals surface area contributed by atoms with Crippen molar-refractivity contribution in [3.63, 3.8) is 0 Å². The molecule has 1 fully saturated rings. The predicted molar refractivity (Wildman–Crippen MR) is 53.0 cm³/mol. The molecule has 0 aromatic heterocycles. The summed E-state index contributed by atoms with van der Waals surface area (Å²) in [5.74, 6) is 0.435. The van der Waals surface area contributed by atoms with E-state index in [0.29, 0.717) is 0 Å². The third-order valence-electron chi connectivity index (χ3n) is 3.74. The standard InChI is InChI=1S/C12H14O2/c13-11-8-5-7-3-1-2-4-9(7)10(6-8)12(11)14/h1-4,8,10-14H,5-6H2. The fourth-order valence-corrected chi connectivity index (χ4v) is 3.00. The van der Waals surface area contributed by atoms with Crippen molar-refractivity contribution in [1.82, 2.24) is 0 Å². The lowest BCUT2D eigenvalue weighted by atomic mass is 9.83. The first kappa shape index (κ1) is 8.45. The maximum atomic E-state index is 9.86. The van der Waals surface area contributed by atoms with Crippen LogP contribution < -0.4 is 0 Å². The van der Waals surface area contributed by atoms with Gasteiger partial charge in [0, 0.05) is 5.92 Å². The number of aliphatic hydroxyl groups is 2. The van der Waals surface area contributed by atoms with Crippen LogP contribution in [0.3, 0.4) is 0 Å². The summed E-state index contributed by atoms with van der Waals surface area (Å²) in [4.78, 5) is 0. The average molecular weight is 190 g/mol. The van der Waals surface area contributed by atoms with Crippen molar-refractivity contribution in [2.75, 3.05) is 0 Å². The molecule has 2 nitrogen and oxygen atoms in total. The van der Waals surface area contributed by atoms with E-state index in [-0.39, 0.29) is 11.8 Å². The van der Waals surface area contributed by atoms with Gasteiger partial charge in [-0.2, -0.15) is 0 Å². The number of aliphatic hydroxyl groups excluding tert-OH is 2. The molecule has 2 aliphatic rings. The Morgan fingerprint density at radius 3 is 2.71 bits per heavy atom. The van der Waals surface area contributed by atoms with Crippen LogP contribution in [0.2, 0.25) is 0 Å². The molecule has 74 valence electrons. The second-order valence-electron chi connectivity index (χ2n) is 4.49. The molecule has 0 heterocycles. The third kappa shape index (κ3) is 0.983. The topological polar surface area (TPSA) is 40.5 Å². The van der Waals surface area contributed by atoms with Crippen molar-refractivity contribution >= 4 is 0 Å². The van der Waals surface area contributed by atoms with Crippen LogP contribution in [0.15, 0.2) is 24.3 Å². The molecule has 4 unspecified atom stereocenters. The lowest BCUT2D eigenvalue weighted by Gasteiger charge is -2.22. The predicted octanol–water partition coefficient (Wildman–Crippen LogP) is 1.07. The van der Waals surface area contributed by atoms with Gasteiger partial charge < -0.3 is 10.2 Å². The first-order valence-corrected chi connectivity index (χ1v) is 5.21. The third-order valence-corrected chi connectivity index (χ3v) is 3.74. The zero-order valence-corrected chi connectivity index (χ0v) is 7.93. The van der Waals surface area contributed by atoms with Crippen LogP contribution in [-0.4, -0.2) is 22.4 Å². The number of rotatable bonds is 0. The van der Waals surface area contributed by atoms with Gasteiger partial charge >= 0.3 is 0 Å². The monoisotopic (exact) mass is 190 g/mol. The highest BCUT2D eigenvalue weighted by Crippen LogP contribution is 2.46. The highest BCUT2D eigenvalue weighted by Gasteiger charge is 2.45. The molecule has 14 heavy (non-hydrogen) atoms. The van der Waals surface area contributed by atoms with Crippen LogP contribution in [0.1, 0.15) is 23.5 Å². The fourth-order valence-electron chi connectivity index (χ4n) is 3.00. The van der Waals surface area contributed by atoms with Crippen molar-refractivity contribution in [1.29, 1.82) is 0 Å². The van der Waals surface area contributed by atoms with Gasteiger partial charge in [-0.15, -0.1) is 0 Å². The molecule has 1 aromatic carbocycles. The van der Waals surface area contributed by atoms with Gasteiger partial charge in [-0.3, -0.25) is 0 Å². The average Bonchev–Trinajstić information content (AvgIpc) is 2.45. The summed E-state index contributed by atoms with van der Waals surface area (Å²) in [5, 5.41) is 19.7. The first-order valence-electron chi connectivity index (χ1n) is 5.21. The zero-order valence-electron chi connectivity index (χ0n) is 7.93. The Balaban J connectivity index is 2.10. The summed E-state index contributed by atoms with van der Waals surface area (Å²) in [6, 6.07) is 8.23. The summed E-state index contributed by atoms with van der Waals surface area (Å²) in [6.45, 7) is 0. The molecular formula is C12H14O2. The molecule has 0 aliphatic heterocycles. The van der Waals surface area contributed by atoms with E-state index in [1.807, 2.05) is 12.1 Å². The first-order chi connectivity index (χ1) is 6.77. The Bertz CT molecular complexity index is 359.